The molecule has 0 aliphatic carbocycles. The molecular formula is C17H26N6O2. The van der Waals surface area contributed by atoms with Crippen LogP contribution < -0.4 is 15.8 Å². The van der Waals surface area contributed by atoms with E-state index < -0.39 is 0 Å². The Labute approximate surface area is 147 Å². The second-order valence-electron chi connectivity index (χ2n) is 7.02. The number of carbonyl (C=O) groups excluding carboxylic acids is 1. The highest BCUT2D eigenvalue weighted by Gasteiger charge is 2.38. The first-order valence-corrected chi connectivity index (χ1v) is 9.21. The minimum Gasteiger partial charge on any atom is -0.378 e. The largest absolute Gasteiger partial charge is 0.378 e. The summed E-state index contributed by atoms with van der Waals surface area (Å²) in [6.45, 7) is 4.61. The minimum atomic E-state index is -0.133. The number of hydrazine groups is 1. The van der Waals surface area contributed by atoms with Crippen LogP contribution in [0, 0.1) is 5.92 Å². The number of aromatic nitrogens is 2. The van der Waals surface area contributed by atoms with Crippen molar-refractivity contribution in [3.05, 3.63) is 18.5 Å². The molecule has 3 atom stereocenters. The molecule has 25 heavy (non-hydrogen) atoms. The molecule has 0 radical (unpaired) electrons. The summed E-state index contributed by atoms with van der Waals surface area (Å²) in [4.78, 5) is 25.6. The summed E-state index contributed by atoms with van der Waals surface area (Å²) in [5.41, 5.74) is 6.60. The van der Waals surface area contributed by atoms with E-state index in [1.807, 2.05) is 11.0 Å². The number of rotatable bonds is 3. The number of amides is 1. The molecule has 0 saturated carbocycles. The SMILES string of the molecule is O=C(C1CC(C2CCCN(c3ncccn3)C2)NN1)N1CCOCC1. The molecule has 3 aliphatic rings. The molecular weight excluding hydrogens is 320 g/mol. The van der Waals surface area contributed by atoms with E-state index in [0.717, 1.165) is 31.9 Å². The zero-order chi connectivity index (χ0) is 17.1. The summed E-state index contributed by atoms with van der Waals surface area (Å²) in [5, 5.41) is 0. The maximum absolute atomic E-state index is 12.7. The van der Waals surface area contributed by atoms with Crippen LogP contribution in [0.4, 0.5) is 5.95 Å². The Bertz CT molecular complexity index is 580. The van der Waals surface area contributed by atoms with Crippen LogP contribution in [0.25, 0.3) is 0 Å². The van der Waals surface area contributed by atoms with E-state index in [9.17, 15) is 4.79 Å². The van der Waals surface area contributed by atoms with Gasteiger partial charge in [-0.15, -0.1) is 0 Å². The molecule has 3 aliphatic heterocycles. The van der Waals surface area contributed by atoms with Crippen molar-refractivity contribution >= 4 is 11.9 Å². The van der Waals surface area contributed by atoms with Gasteiger partial charge in [0, 0.05) is 44.6 Å². The highest BCUT2D eigenvalue weighted by atomic mass is 16.5. The summed E-state index contributed by atoms with van der Waals surface area (Å²) >= 11 is 0. The van der Waals surface area contributed by atoms with Gasteiger partial charge < -0.3 is 14.5 Å². The van der Waals surface area contributed by atoms with Crippen molar-refractivity contribution in [3.8, 4) is 0 Å². The second kappa shape index (κ2) is 7.63. The molecule has 1 aromatic rings. The Balaban J connectivity index is 1.34. The molecule has 3 fully saturated rings. The van der Waals surface area contributed by atoms with Gasteiger partial charge in [0.2, 0.25) is 11.9 Å². The van der Waals surface area contributed by atoms with Gasteiger partial charge in [-0.3, -0.25) is 10.2 Å². The zero-order valence-corrected chi connectivity index (χ0v) is 14.4. The Hall–Kier alpha value is -1.77. The van der Waals surface area contributed by atoms with Gasteiger partial charge in [-0.25, -0.2) is 15.4 Å². The predicted octanol–water partition coefficient (Wildman–Crippen LogP) is -0.213. The lowest BCUT2D eigenvalue weighted by Gasteiger charge is -2.35. The van der Waals surface area contributed by atoms with Gasteiger partial charge in [0.25, 0.3) is 0 Å². The standard InChI is InChI=1S/C17H26N6O2/c24-16(22-7-9-25-10-8-22)15-11-14(20-21-15)13-3-1-6-23(12-13)17-18-4-2-5-19-17/h2,4-5,13-15,20-21H,1,3,6-12H2. The van der Waals surface area contributed by atoms with Crippen LogP contribution in [0.3, 0.4) is 0 Å². The van der Waals surface area contributed by atoms with Gasteiger partial charge in [0.15, 0.2) is 0 Å². The third-order valence-electron chi connectivity index (χ3n) is 5.42. The number of carbonyl (C=O) groups is 1. The number of anilines is 1. The average Bonchev–Trinajstić information content (AvgIpc) is 3.19. The number of hydrogen-bond donors (Lipinski definition) is 2. The summed E-state index contributed by atoms with van der Waals surface area (Å²) < 4.78 is 5.34. The quantitative estimate of drug-likeness (QED) is 0.783. The number of piperidine rings is 1. The van der Waals surface area contributed by atoms with Crippen molar-refractivity contribution in [1.29, 1.82) is 0 Å². The molecule has 3 unspecified atom stereocenters. The fraction of sp³-hybridized carbons (Fsp3) is 0.706. The first kappa shape index (κ1) is 16.7. The van der Waals surface area contributed by atoms with Gasteiger partial charge >= 0.3 is 0 Å². The van der Waals surface area contributed by atoms with Crippen LogP contribution in [0.1, 0.15) is 19.3 Å². The lowest BCUT2D eigenvalue weighted by atomic mass is 9.88. The number of morpholine rings is 1. The van der Waals surface area contributed by atoms with Gasteiger partial charge in [-0.05, 0) is 31.2 Å². The van der Waals surface area contributed by atoms with Crippen molar-refractivity contribution in [2.45, 2.75) is 31.3 Å². The average molecular weight is 346 g/mol. The normalized spacial score (nSPS) is 30.5. The minimum absolute atomic E-state index is 0.133. The third-order valence-corrected chi connectivity index (χ3v) is 5.42. The smallest absolute Gasteiger partial charge is 0.241 e. The zero-order valence-electron chi connectivity index (χ0n) is 14.4. The molecule has 8 heteroatoms. The maximum atomic E-state index is 12.7. The third kappa shape index (κ3) is 3.75. The monoisotopic (exact) mass is 346 g/mol. The summed E-state index contributed by atoms with van der Waals surface area (Å²) in [7, 11) is 0. The Morgan fingerprint density at radius 1 is 1.16 bits per heavy atom. The Kier molecular flexibility index (Phi) is 5.09. The van der Waals surface area contributed by atoms with Crippen molar-refractivity contribution in [3.63, 3.8) is 0 Å². The molecule has 0 bridgehead atoms. The van der Waals surface area contributed by atoms with Crippen molar-refractivity contribution < 1.29 is 9.53 Å². The number of nitrogens with zero attached hydrogens (tertiary/aromatic N) is 4. The molecule has 8 nitrogen and oxygen atoms in total. The van der Waals surface area contributed by atoms with E-state index >= 15 is 0 Å². The Morgan fingerprint density at radius 2 is 1.96 bits per heavy atom. The van der Waals surface area contributed by atoms with Crippen LogP contribution in [-0.2, 0) is 9.53 Å². The molecule has 4 rings (SSSR count). The molecule has 3 saturated heterocycles. The molecule has 136 valence electrons. The van der Waals surface area contributed by atoms with E-state index in [4.69, 9.17) is 4.74 Å². The summed E-state index contributed by atoms with van der Waals surface area (Å²) in [6, 6.07) is 2.02. The van der Waals surface area contributed by atoms with Crippen LogP contribution in [0.15, 0.2) is 18.5 Å². The van der Waals surface area contributed by atoms with Crippen molar-refractivity contribution in [2.24, 2.45) is 5.92 Å². The molecule has 0 aromatic carbocycles. The lowest BCUT2D eigenvalue weighted by Crippen LogP contribution is -2.49. The summed E-state index contributed by atoms with van der Waals surface area (Å²) in [6.07, 6.45) is 6.71. The maximum Gasteiger partial charge on any atom is 0.241 e. The molecule has 1 amide bonds. The number of nitrogens with one attached hydrogen (secondary N) is 2. The van der Waals surface area contributed by atoms with E-state index in [0.29, 0.717) is 38.3 Å². The van der Waals surface area contributed by atoms with Crippen LogP contribution in [0.5, 0.6) is 0 Å². The van der Waals surface area contributed by atoms with Gasteiger partial charge in [-0.2, -0.15) is 0 Å². The second-order valence-corrected chi connectivity index (χ2v) is 7.02. The summed E-state index contributed by atoms with van der Waals surface area (Å²) in [5.74, 6) is 1.49. The van der Waals surface area contributed by atoms with Crippen LogP contribution >= 0.6 is 0 Å². The topological polar surface area (TPSA) is 82.6 Å². The first-order valence-electron chi connectivity index (χ1n) is 9.21. The van der Waals surface area contributed by atoms with Crippen molar-refractivity contribution in [2.75, 3.05) is 44.3 Å². The molecule has 2 N–H and O–H groups in total. The fourth-order valence-electron chi connectivity index (χ4n) is 4.03. The van der Waals surface area contributed by atoms with Crippen molar-refractivity contribution in [1.82, 2.24) is 25.7 Å². The van der Waals surface area contributed by atoms with E-state index in [1.165, 1.54) is 6.42 Å². The number of hydrogen-bond acceptors (Lipinski definition) is 7. The van der Waals surface area contributed by atoms with E-state index in [2.05, 4.69) is 25.7 Å². The lowest BCUT2D eigenvalue weighted by molar-refractivity contribution is -0.137. The first-order chi connectivity index (χ1) is 12.3. The van der Waals surface area contributed by atoms with E-state index in [1.54, 1.807) is 12.4 Å². The Morgan fingerprint density at radius 3 is 2.76 bits per heavy atom. The highest BCUT2D eigenvalue weighted by molar-refractivity contribution is 5.82. The fourth-order valence-corrected chi connectivity index (χ4v) is 4.03. The van der Waals surface area contributed by atoms with E-state index in [-0.39, 0.29) is 11.9 Å². The van der Waals surface area contributed by atoms with Crippen LogP contribution in [0.2, 0.25) is 0 Å². The van der Waals surface area contributed by atoms with Crippen LogP contribution in [-0.4, -0.2) is 72.3 Å². The highest BCUT2D eigenvalue weighted by Crippen LogP contribution is 2.26. The van der Waals surface area contributed by atoms with Gasteiger partial charge in [0.05, 0.1) is 13.2 Å². The molecule has 4 heterocycles. The molecule has 1 aromatic heterocycles. The predicted molar refractivity (Wildman–Crippen MR) is 92.8 cm³/mol. The number of ether oxygens (including phenoxy) is 1. The van der Waals surface area contributed by atoms with Gasteiger partial charge in [0.1, 0.15) is 6.04 Å². The molecule has 0 spiro atoms. The van der Waals surface area contributed by atoms with Gasteiger partial charge in [-0.1, -0.05) is 0 Å².